The molecule has 1 heterocycles. The van der Waals surface area contributed by atoms with E-state index in [4.69, 9.17) is 26.1 Å². The molecule has 0 saturated carbocycles. The number of pyridine rings is 1. The monoisotopic (exact) mass is 375 g/mol. The second-order valence-corrected chi connectivity index (χ2v) is 6.59. The molecule has 4 heteroatoms. The van der Waals surface area contributed by atoms with Crippen LogP contribution in [0.15, 0.2) is 72.8 Å². The zero-order valence-corrected chi connectivity index (χ0v) is 15.8. The van der Waals surface area contributed by atoms with E-state index in [2.05, 4.69) is 18.2 Å². The van der Waals surface area contributed by atoms with Gasteiger partial charge in [-0.3, -0.25) is 0 Å². The lowest BCUT2D eigenvalue weighted by Crippen LogP contribution is -1.94. The normalized spacial score (nSPS) is 10.8. The molecule has 0 fully saturated rings. The number of nitrogens with zero attached hydrogens (tertiary/aromatic N) is 1. The zero-order valence-electron chi connectivity index (χ0n) is 15.1. The van der Waals surface area contributed by atoms with Crippen molar-refractivity contribution in [3.8, 4) is 33.9 Å². The van der Waals surface area contributed by atoms with E-state index in [1.807, 2.05) is 54.6 Å². The summed E-state index contributed by atoms with van der Waals surface area (Å²) in [5.74, 6) is 1.46. The van der Waals surface area contributed by atoms with Crippen molar-refractivity contribution in [3.63, 3.8) is 0 Å². The Hall–Kier alpha value is -3.04. The maximum Gasteiger partial charge on any atom is 0.131 e. The smallest absolute Gasteiger partial charge is 0.131 e. The van der Waals surface area contributed by atoms with Crippen LogP contribution in [0.25, 0.3) is 33.3 Å². The van der Waals surface area contributed by atoms with E-state index in [0.29, 0.717) is 10.8 Å². The van der Waals surface area contributed by atoms with E-state index >= 15 is 0 Å². The van der Waals surface area contributed by atoms with Gasteiger partial charge < -0.3 is 9.47 Å². The first-order valence-electron chi connectivity index (χ1n) is 8.58. The number of halogens is 1. The topological polar surface area (TPSA) is 31.4 Å². The highest BCUT2D eigenvalue weighted by Gasteiger charge is 2.14. The largest absolute Gasteiger partial charge is 0.497 e. The van der Waals surface area contributed by atoms with Gasteiger partial charge in [0, 0.05) is 22.0 Å². The molecule has 134 valence electrons. The van der Waals surface area contributed by atoms with Gasteiger partial charge in [0.25, 0.3) is 0 Å². The average Bonchev–Trinajstić information content (AvgIpc) is 2.73. The number of methoxy groups -OCH3 is 2. The third-order valence-electron chi connectivity index (χ3n) is 4.54. The highest BCUT2D eigenvalue weighted by Crippen LogP contribution is 2.37. The van der Waals surface area contributed by atoms with Crippen molar-refractivity contribution in [3.05, 3.63) is 77.8 Å². The standard InChI is InChI=1S/C23H18ClNO2/c1-26-17-9-10-18(23(13-17)27-2)22-14-19(15-6-4-3-5-7-15)20-12-16(24)8-11-21(20)25-22/h3-14H,1-2H3. The van der Waals surface area contributed by atoms with Crippen molar-refractivity contribution in [1.82, 2.24) is 4.98 Å². The predicted octanol–water partition coefficient (Wildman–Crippen LogP) is 6.24. The molecule has 0 radical (unpaired) electrons. The Balaban J connectivity index is 2.00. The molecule has 4 rings (SSSR count). The predicted molar refractivity (Wildman–Crippen MR) is 111 cm³/mol. The van der Waals surface area contributed by atoms with Crippen molar-refractivity contribution in [2.45, 2.75) is 0 Å². The summed E-state index contributed by atoms with van der Waals surface area (Å²) in [6.45, 7) is 0. The second-order valence-electron chi connectivity index (χ2n) is 6.15. The lowest BCUT2D eigenvalue weighted by molar-refractivity contribution is 0.395. The van der Waals surface area contributed by atoms with Gasteiger partial charge in [-0.1, -0.05) is 41.9 Å². The fourth-order valence-corrected chi connectivity index (χ4v) is 3.37. The van der Waals surface area contributed by atoms with Crippen LogP contribution in [-0.4, -0.2) is 19.2 Å². The van der Waals surface area contributed by atoms with Crippen LogP contribution in [0.4, 0.5) is 0 Å². The van der Waals surface area contributed by atoms with Gasteiger partial charge >= 0.3 is 0 Å². The van der Waals surface area contributed by atoms with Crippen LogP contribution in [0, 0.1) is 0 Å². The van der Waals surface area contributed by atoms with Crippen LogP contribution < -0.4 is 9.47 Å². The van der Waals surface area contributed by atoms with Gasteiger partial charge in [-0.05, 0) is 47.5 Å². The minimum absolute atomic E-state index is 0.691. The molecule has 0 spiro atoms. The third kappa shape index (κ3) is 3.34. The van der Waals surface area contributed by atoms with Gasteiger partial charge in [-0.15, -0.1) is 0 Å². The van der Waals surface area contributed by atoms with Gasteiger partial charge in [0.05, 0.1) is 25.4 Å². The van der Waals surface area contributed by atoms with Crippen molar-refractivity contribution < 1.29 is 9.47 Å². The Morgan fingerprint density at radius 3 is 2.33 bits per heavy atom. The summed E-state index contributed by atoms with van der Waals surface area (Å²) in [6.07, 6.45) is 0. The number of rotatable bonds is 4. The van der Waals surface area contributed by atoms with E-state index in [1.165, 1.54) is 0 Å². The van der Waals surface area contributed by atoms with Gasteiger partial charge in [-0.25, -0.2) is 4.98 Å². The van der Waals surface area contributed by atoms with E-state index in [0.717, 1.165) is 39.0 Å². The summed E-state index contributed by atoms with van der Waals surface area (Å²) >= 11 is 6.25. The van der Waals surface area contributed by atoms with E-state index < -0.39 is 0 Å². The molecular formula is C23H18ClNO2. The first-order chi connectivity index (χ1) is 13.2. The first kappa shape index (κ1) is 17.4. The molecular weight excluding hydrogens is 358 g/mol. The molecule has 27 heavy (non-hydrogen) atoms. The van der Waals surface area contributed by atoms with Crippen molar-refractivity contribution in [1.29, 1.82) is 0 Å². The lowest BCUT2D eigenvalue weighted by Gasteiger charge is -2.14. The molecule has 0 amide bonds. The summed E-state index contributed by atoms with van der Waals surface area (Å²) < 4.78 is 10.9. The molecule has 1 aromatic heterocycles. The maximum atomic E-state index is 6.25. The van der Waals surface area contributed by atoms with Crippen LogP contribution >= 0.6 is 11.6 Å². The minimum atomic E-state index is 0.691. The molecule has 0 aliphatic rings. The molecule has 0 saturated heterocycles. The number of fused-ring (bicyclic) bond motifs is 1. The minimum Gasteiger partial charge on any atom is -0.497 e. The molecule has 0 N–H and O–H groups in total. The third-order valence-corrected chi connectivity index (χ3v) is 4.78. The van der Waals surface area contributed by atoms with Gasteiger partial charge in [-0.2, -0.15) is 0 Å². The van der Waals surface area contributed by atoms with Crippen LogP contribution in [0.3, 0.4) is 0 Å². The molecule has 3 nitrogen and oxygen atoms in total. The van der Waals surface area contributed by atoms with E-state index in [1.54, 1.807) is 14.2 Å². The molecule has 4 aromatic rings. The molecule has 0 aliphatic heterocycles. The van der Waals surface area contributed by atoms with Crippen molar-refractivity contribution in [2.24, 2.45) is 0 Å². The second kappa shape index (κ2) is 7.29. The molecule has 0 atom stereocenters. The Bertz CT molecular complexity index is 1110. The molecule has 0 unspecified atom stereocenters. The maximum absolute atomic E-state index is 6.25. The number of aromatic nitrogens is 1. The Morgan fingerprint density at radius 1 is 0.778 bits per heavy atom. The zero-order chi connectivity index (χ0) is 18.8. The van der Waals surface area contributed by atoms with Gasteiger partial charge in [0.1, 0.15) is 11.5 Å². The quantitative estimate of drug-likeness (QED) is 0.423. The summed E-state index contributed by atoms with van der Waals surface area (Å²) in [6, 6.07) is 23.8. The van der Waals surface area contributed by atoms with Crippen LogP contribution in [0.2, 0.25) is 5.02 Å². The number of hydrogen-bond acceptors (Lipinski definition) is 3. The Labute approximate surface area is 163 Å². The number of ether oxygens (including phenoxy) is 2. The summed E-state index contributed by atoms with van der Waals surface area (Å²) in [7, 11) is 3.29. The Morgan fingerprint density at radius 2 is 1.59 bits per heavy atom. The Kier molecular flexibility index (Phi) is 4.69. The lowest BCUT2D eigenvalue weighted by atomic mass is 9.98. The van der Waals surface area contributed by atoms with Crippen molar-refractivity contribution in [2.75, 3.05) is 14.2 Å². The summed E-state index contributed by atoms with van der Waals surface area (Å²) in [5.41, 5.74) is 4.82. The molecule has 0 aliphatic carbocycles. The fourth-order valence-electron chi connectivity index (χ4n) is 3.20. The number of hydrogen-bond donors (Lipinski definition) is 0. The highest BCUT2D eigenvalue weighted by molar-refractivity contribution is 6.31. The van der Waals surface area contributed by atoms with Gasteiger partial charge in [0.2, 0.25) is 0 Å². The van der Waals surface area contributed by atoms with E-state index in [-0.39, 0.29) is 0 Å². The van der Waals surface area contributed by atoms with Crippen LogP contribution in [-0.2, 0) is 0 Å². The summed E-state index contributed by atoms with van der Waals surface area (Å²) in [4.78, 5) is 4.86. The SMILES string of the molecule is COc1ccc(-c2cc(-c3ccccc3)c3cc(Cl)ccc3n2)c(OC)c1. The first-order valence-corrected chi connectivity index (χ1v) is 8.95. The highest BCUT2D eigenvalue weighted by atomic mass is 35.5. The van der Waals surface area contributed by atoms with Crippen molar-refractivity contribution >= 4 is 22.5 Å². The van der Waals surface area contributed by atoms with Gasteiger partial charge in [0.15, 0.2) is 0 Å². The molecule has 3 aromatic carbocycles. The number of benzene rings is 3. The van der Waals surface area contributed by atoms with E-state index in [9.17, 15) is 0 Å². The fraction of sp³-hybridized carbons (Fsp3) is 0.0870. The summed E-state index contributed by atoms with van der Waals surface area (Å²) in [5, 5.41) is 1.71. The van der Waals surface area contributed by atoms with Crippen LogP contribution in [0.1, 0.15) is 0 Å². The molecule has 0 bridgehead atoms. The average molecular weight is 376 g/mol. The van der Waals surface area contributed by atoms with Crippen LogP contribution in [0.5, 0.6) is 11.5 Å².